The second-order valence-electron chi connectivity index (χ2n) is 6.00. The molecule has 4 nitrogen and oxygen atoms in total. The van der Waals surface area contributed by atoms with Crippen LogP contribution in [0, 0.1) is 0 Å². The van der Waals surface area contributed by atoms with E-state index in [9.17, 15) is 4.79 Å². The molecule has 0 spiro atoms. The van der Waals surface area contributed by atoms with Crippen LogP contribution >= 0.6 is 11.6 Å². The first-order valence-electron chi connectivity index (χ1n) is 8.48. The van der Waals surface area contributed by atoms with Gasteiger partial charge in [-0.1, -0.05) is 30.7 Å². The van der Waals surface area contributed by atoms with Crippen molar-refractivity contribution in [2.45, 2.75) is 26.3 Å². The molecule has 1 N–H and O–H groups in total. The van der Waals surface area contributed by atoms with Crippen molar-refractivity contribution in [1.82, 2.24) is 4.90 Å². The molecule has 0 bridgehead atoms. The number of ether oxygens (including phenoxy) is 1. The molecule has 0 aromatic heterocycles. The zero-order valence-electron chi connectivity index (χ0n) is 15.0. The van der Waals surface area contributed by atoms with Crippen LogP contribution in [0.1, 0.15) is 19.4 Å². The van der Waals surface area contributed by atoms with E-state index >= 15 is 0 Å². The van der Waals surface area contributed by atoms with E-state index < -0.39 is 0 Å². The molecule has 0 unspecified atom stereocenters. The molecular formula is C20H25ClN2O2. The summed E-state index contributed by atoms with van der Waals surface area (Å²) in [6, 6.07) is 14.9. The number of hydrogen-bond donors (Lipinski definition) is 1. The van der Waals surface area contributed by atoms with E-state index in [2.05, 4.69) is 12.2 Å². The van der Waals surface area contributed by atoms with Gasteiger partial charge in [0.05, 0.1) is 6.04 Å². The summed E-state index contributed by atoms with van der Waals surface area (Å²) in [5.41, 5.74) is 2.07. The number of benzene rings is 2. The number of aryl methyl sites for hydroxylation is 1. The predicted molar refractivity (Wildman–Crippen MR) is 103 cm³/mol. The molecular weight excluding hydrogens is 336 g/mol. The summed E-state index contributed by atoms with van der Waals surface area (Å²) in [6.45, 7) is 5.14. The molecule has 2 rings (SSSR count). The van der Waals surface area contributed by atoms with Crippen LogP contribution in [0.5, 0.6) is 5.75 Å². The Morgan fingerprint density at radius 3 is 2.40 bits per heavy atom. The van der Waals surface area contributed by atoms with Crippen molar-refractivity contribution < 1.29 is 9.53 Å². The van der Waals surface area contributed by atoms with Crippen molar-refractivity contribution >= 4 is 23.2 Å². The van der Waals surface area contributed by atoms with Gasteiger partial charge in [0.25, 0.3) is 0 Å². The van der Waals surface area contributed by atoms with Crippen LogP contribution in [0.2, 0.25) is 5.02 Å². The van der Waals surface area contributed by atoms with Crippen LogP contribution in [0.3, 0.4) is 0 Å². The highest BCUT2D eigenvalue weighted by Gasteiger charge is 2.18. The summed E-state index contributed by atoms with van der Waals surface area (Å²) < 4.78 is 5.67. The lowest BCUT2D eigenvalue weighted by Crippen LogP contribution is -2.41. The fraction of sp³-hybridized carbons (Fsp3) is 0.350. The maximum atomic E-state index is 12.4. The molecule has 0 saturated carbocycles. The smallest absolute Gasteiger partial charge is 0.241 e. The van der Waals surface area contributed by atoms with Gasteiger partial charge in [0, 0.05) is 17.3 Å². The highest BCUT2D eigenvalue weighted by atomic mass is 35.5. The number of hydrogen-bond acceptors (Lipinski definition) is 3. The second-order valence-corrected chi connectivity index (χ2v) is 6.44. The first kappa shape index (κ1) is 19.3. The molecule has 0 aliphatic rings. The minimum Gasteiger partial charge on any atom is -0.492 e. The Kier molecular flexibility index (Phi) is 7.29. The highest BCUT2D eigenvalue weighted by Crippen LogP contribution is 2.15. The Hall–Kier alpha value is -2.04. The Labute approximate surface area is 154 Å². The highest BCUT2D eigenvalue weighted by molar-refractivity contribution is 6.30. The number of nitrogens with one attached hydrogen (secondary N) is 1. The van der Waals surface area contributed by atoms with Gasteiger partial charge in [0.2, 0.25) is 5.91 Å². The van der Waals surface area contributed by atoms with Crippen LogP contribution in [0.4, 0.5) is 5.69 Å². The largest absolute Gasteiger partial charge is 0.492 e. The first-order chi connectivity index (χ1) is 12.0. The molecule has 0 aliphatic heterocycles. The van der Waals surface area contributed by atoms with Gasteiger partial charge in [-0.15, -0.1) is 0 Å². The number of rotatable bonds is 8. The molecule has 0 aliphatic carbocycles. The van der Waals surface area contributed by atoms with Crippen molar-refractivity contribution in [3.63, 3.8) is 0 Å². The summed E-state index contributed by atoms with van der Waals surface area (Å²) in [4.78, 5) is 14.3. The van der Waals surface area contributed by atoms with Gasteiger partial charge >= 0.3 is 0 Å². The average molecular weight is 361 g/mol. The molecule has 134 valence electrons. The third kappa shape index (κ3) is 6.07. The van der Waals surface area contributed by atoms with E-state index in [4.69, 9.17) is 16.3 Å². The van der Waals surface area contributed by atoms with E-state index in [0.29, 0.717) is 18.2 Å². The van der Waals surface area contributed by atoms with Gasteiger partial charge < -0.3 is 10.1 Å². The van der Waals surface area contributed by atoms with Crippen molar-refractivity contribution in [1.29, 1.82) is 0 Å². The fourth-order valence-electron chi connectivity index (χ4n) is 2.30. The van der Waals surface area contributed by atoms with Crippen LogP contribution in [-0.2, 0) is 11.2 Å². The zero-order chi connectivity index (χ0) is 18.2. The zero-order valence-corrected chi connectivity index (χ0v) is 15.7. The van der Waals surface area contributed by atoms with Gasteiger partial charge in [-0.25, -0.2) is 0 Å². The van der Waals surface area contributed by atoms with Crippen molar-refractivity contribution in [2.24, 2.45) is 0 Å². The minimum atomic E-state index is -0.250. The molecule has 2 aromatic carbocycles. The van der Waals surface area contributed by atoms with Crippen LogP contribution in [0.15, 0.2) is 48.5 Å². The first-order valence-corrected chi connectivity index (χ1v) is 8.85. The summed E-state index contributed by atoms with van der Waals surface area (Å²) in [7, 11) is 1.91. The van der Waals surface area contributed by atoms with Crippen LogP contribution < -0.4 is 10.1 Å². The number of halogens is 1. The molecule has 1 amide bonds. The lowest BCUT2D eigenvalue weighted by atomic mass is 10.1. The lowest BCUT2D eigenvalue weighted by Gasteiger charge is -2.24. The number of amides is 1. The molecule has 0 saturated heterocycles. The van der Waals surface area contributed by atoms with Gasteiger partial charge in [-0.05, 0) is 62.4 Å². The Morgan fingerprint density at radius 2 is 1.80 bits per heavy atom. The molecule has 0 radical (unpaired) electrons. The summed E-state index contributed by atoms with van der Waals surface area (Å²) in [5, 5.41) is 3.63. The van der Waals surface area contributed by atoms with Gasteiger partial charge in [-0.2, -0.15) is 0 Å². The van der Waals surface area contributed by atoms with Gasteiger partial charge in [0.15, 0.2) is 0 Å². The van der Waals surface area contributed by atoms with Crippen LogP contribution in [0.25, 0.3) is 0 Å². The molecule has 1 atom stereocenters. The molecule has 0 heterocycles. The quantitative estimate of drug-likeness (QED) is 0.765. The summed E-state index contributed by atoms with van der Waals surface area (Å²) in [6.07, 6.45) is 0.987. The third-order valence-corrected chi connectivity index (χ3v) is 4.45. The maximum absolute atomic E-state index is 12.4. The summed E-state index contributed by atoms with van der Waals surface area (Å²) in [5.74, 6) is 0.740. The number of likely N-dealkylation sites (N-methyl/N-ethyl adjacent to an activating group) is 1. The molecule has 2 aromatic rings. The number of nitrogens with zero attached hydrogens (tertiary/aromatic N) is 1. The lowest BCUT2D eigenvalue weighted by molar-refractivity contribution is -0.120. The van der Waals surface area contributed by atoms with Gasteiger partial charge in [-0.3, -0.25) is 9.69 Å². The number of carbonyl (C=O) groups excluding carboxylic acids is 1. The SMILES string of the molecule is CCc1ccc(NC(=O)[C@H](C)N(C)CCOc2ccc(Cl)cc2)cc1. The average Bonchev–Trinajstić information content (AvgIpc) is 2.63. The molecule has 25 heavy (non-hydrogen) atoms. The maximum Gasteiger partial charge on any atom is 0.241 e. The normalized spacial score (nSPS) is 12.0. The van der Waals surface area contributed by atoms with E-state index in [1.54, 1.807) is 12.1 Å². The Bertz CT molecular complexity index is 671. The van der Waals surface area contributed by atoms with Crippen molar-refractivity contribution in [3.8, 4) is 5.75 Å². The van der Waals surface area contributed by atoms with Crippen molar-refractivity contribution in [2.75, 3.05) is 25.5 Å². The van der Waals surface area contributed by atoms with Crippen molar-refractivity contribution in [3.05, 3.63) is 59.1 Å². The fourth-order valence-corrected chi connectivity index (χ4v) is 2.43. The van der Waals surface area contributed by atoms with E-state index in [1.807, 2.05) is 55.3 Å². The standard InChI is InChI=1S/C20H25ClN2O2/c1-4-16-5-9-18(10-6-16)22-20(24)15(2)23(3)13-14-25-19-11-7-17(21)8-12-19/h5-12,15H,4,13-14H2,1-3H3,(H,22,24)/t15-/m0/s1. The topological polar surface area (TPSA) is 41.6 Å². The third-order valence-electron chi connectivity index (χ3n) is 4.20. The Balaban J connectivity index is 1.78. The molecule has 5 heteroatoms. The Morgan fingerprint density at radius 1 is 1.16 bits per heavy atom. The molecule has 0 fully saturated rings. The number of anilines is 1. The summed E-state index contributed by atoms with van der Waals surface area (Å²) >= 11 is 5.85. The number of carbonyl (C=O) groups is 1. The second kappa shape index (κ2) is 9.44. The van der Waals surface area contributed by atoms with Crippen LogP contribution in [-0.4, -0.2) is 37.0 Å². The van der Waals surface area contributed by atoms with E-state index in [1.165, 1.54) is 5.56 Å². The monoisotopic (exact) mass is 360 g/mol. The van der Waals surface area contributed by atoms with E-state index in [0.717, 1.165) is 17.9 Å². The van der Waals surface area contributed by atoms with E-state index in [-0.39, 0.29) is 11.9 Å². The predicted octanol–water partition coefficient (Wildman–Crippen LogP) is 4.24. The van der Waals surface area contributed by atoms with Gasteiger partial charge in [0.1, 0.15) is 12.4 Å². The minimum absolute atomic E-state index is 0.0294.